The van der Waals surface area contributed by atoms with Crippen molar-refractivity contribution < 1.29 is 4.79 Å². The molecule has 5 heteroatoms. The minimum absolute atomic E-state index is 0.00585. The van der Waals surface area contributed by atoms with Gasteiger partial charge in [-0.2, -0.15) is 0 Å². The number of carbonyl (C=O) groups is 1. The van der Waals surface area contributed by atoms with Gasteiger partial charge in [-0.05, 0) is 55.3 Å². The molecule has 152 valence electrons. The Kier molecular flexibility index (Phi) is 6.30. The molecule has 0 aliphatic rings. The Labute approximate surface area is 189 Å². The van der Waals surface area contributed by atoms with Crippen LogP contribution in [0, 0.1) is 13.8 Å². The SMILES string of the molecule is Cc1ccc(C)c(Cn2cc(SCC(=O)Nc3ccc(Br)cc3)c3ccccc32)c1. The summed E-state index contributed by atoms with van der Waals surface area (Å²) in [7, 11) is 0. The Bertz CT molecular complexity index is 1200. The minimum atomic E-state index is -0.00585. The molecule has 3 aromatic carbocycles. The quantitative estimate of drug-likeness (QED) is 0.309. The zero-order valence-electron chi connectivity index (χ0n) is 17.0. The molecule has 0 aliphatic heterocycles. The summed E-state index contributed by atoms with van der Waals surface area (Å²) in [4.78, 5) is 13.6. The normalized spacial score (nSPS) is 11.0. The molecule has 3 nitrogen and oxygen atoms in total. The molecule has 0 saturated carbocycles. The van der Waals surface area contributed by atoms with E-state index in [2.05, 4.69) is 88.3 Å². The summed E-state index contributed by atoms with van der Waals surface area (Å²) in [5, 5.41) is 4.14. The lowest BCUT2D eigenvalue weighted by Crippen LogP contribution is -2.13. The summed E-state index contributed by atoms with van der Waals surface area (Å²) in [6.07, 6.45) is 2.17. The highest BCUT2D eigenvalue weighted by molar-refractivity contribution is 9.10. The molecule has 1 N–H and O–H groups in total. The number of para-hydroxylation sites is 1. The van der Waals surface area contributed by atoms with Gasteiger partial charge in [0.15, 0.2) is 0 Å². The highest BCUT2D eigenvalue weighted by Crippen LogP contribution is 2.31. The van der Waals surface area contributed by atoms with Gasteiger partial charge in [-0.3, -0.25) is 4.79 Å². The molecule has 0 fully saturated rings. The van der Waals surface area contributed by atoms with Gasteiger partial charge in [0.05, 0.1) is 5.75 Å². The number of benzene rings is 3. The second-order valence-electron chi connectivity index (χ2n) is 7.41. The first-order valence-corrected chi connectivity index (χ1v) is 11.6. The topological polar surface area (TPSA) is 34.0 Å². The van der Waals surface area contributed by atoms with E-state index >= 15 is 0 Å². The average molecular weight is 479 g/mol. The van der Waals surface area contributed by atoms with Crippen molar-refractivity contribution in [3.8, 4) is 0 Å². The van der Waals surface area contributed by atoms with Gasteiger partial charge in [0.2, 0.25) is 5.91 Å². The number of amides is 1. The van der Waals surface area contributed by atoms with Crippen LogP contribution in [0.4, 0.5) is 5.69 Å². The molecule has 4 rings (SSSR count). The Morgan fingerprint density at radius 1 is 1.03 bits per heavy atom. The third-order valence-electron chi connectivity index (χ3n) is 5.08. The van der Waals surface area contributed by atoms with Crippen molar-refractivity contribution in [3.63, 3.8) is 0 Å². The predicted molar refractivity (Wildman–Crippen MR) is 130 cm³/mol. The number of rotatable bonds is 6. The fourth-order valence-electron chi connectivity index (χ4n) is 3.49. The maximum Gasteiger partial charge on any atom is 0.234 e. The van der Waals surface area contributed by atoms with Gasteiger partial charge >= 0.3 is 0 Å². The van der Waals surface area contributed by atoms with Crippen LogP contribution in [-0.4, -0.2) is 16.2 Å². The molecule has 4 aromatic rings. The maximum absolute atomic E-state index is 12.4. The van der Waals surface area contributed by atoms with E-state index < -0.39 is 0 Å². The van der Waals surface area contributed by atoms with E-state index in [1.165, 1.54) is 27.6 Å². The van der Waals surface area contributed by atoms with Crippen molar-refractivity contribution in [2.45, 2.75) is 25.3 Å². The Hall–Kier alpha value is -2.50. The number of carbonyl (C=O) groups excluding carboxylic acids is 1. The van der Waals surface area contributed by atoms with Gasteiger partial charge in [0.1, 0.15) is 0 Å². The number of hydrogen-bond donors (Lipinski definition) is 1. The number of aromatic nitrogens is 1. The molecule has 0 aliphatic carbocycles. The Balaban J connectivity index is 1.52. The van der Waals surface area contributed by atoms with Crippen LogP contribution in [0.2, 0.25) is 0 Å². The van der Waals surface area contributed by atoms with E-state index in [1.54, 1.807) is 11.8 Å². The molecular formula is C25H23BrN2OS. The van der Waals surface area contributed by atoms with E-state index in [0.29, 0.717) is 5.75 Å². The van der Waals surface area contributed by atoms with Crippen LogP contribution in [0.15, 0.2) is 82.3 Å². The molecule has 0 spiro atoms. The molecule has 1 aromatic heterocycles. The number of nitrogens with zero attached hydrogens (tertiary/aromatic N) is 1. The standard InChI is InChI=1S/C25H23BrN2OS/c1-17-7-8-18(2)19(13-17)14-28-15-24(22-5-3-4-6-23(22)28)30-16-25(29)27-21-11-9-20(26)10-12-21/h3-13,15H,14,16H2,1-2H3,(H,27,29). The molecule has 0 atom stereocenters. The van der Waals surface area contributed by atoms with Crippen LogP contribution < -0.4 is 5.32 Å². The second-order valence-corrected chi connectivity index (χ2v) is 9.34. The largest absolute Gasteiger partial charge is 0.342 e. The van der Waals surface area contributed by atoms with Crippen LogP contribution in [0.3, 0.4) is 0 Å². The maximum atomic E-state index is 12.4. The zero-order chi connectivity index (χ0) is 21.1. The third-order valence-corrected chi connectivity index (χ3v) is 6.66. The number of hydrogen-bond acceptors (Lipinski definition) is 2. The third kappa shape index (κ3) is 4.79. The van der Waals surface area contributed by atoms with Gasteiger partial charge < -0.3 is 9.88 Å². The summed E-state index contributed by atoms with van der Waals surface area (Å²) in [6, 6.07) is 22.6. The lowest BCUT2D eigenvalue weighted by Gasteiger charge is -2.09. The van der Waals surface area contributed by atoms with E-state index in [0.717, 1.165) is 21.6 Å². The van der Waals surface area contributed by atoms with Crippen molar-refractivity contribution in [1.82, 2.24) is 4.57 Å². The molecule has 0 radical (unpaired) electrons. The first kappa shape index (κ1) is 20.8. The summed E-state index contributed by atoms with van der Waals surface area (Å²) in [5.74, 6) is 0.363. The fraction of sp³-hybridized carbons (Fsp3) is 0.160. The first-order chi connectivity index (χ1) is 14.5. The van der Waals surface area contributed by atoms with E-state index in [9.17, 15) is 4.79 Å². The number of halogens is 1. The number of anilines is 1. The number of nitrogens with one attached hydrogen (secondary N) is 1. The highest BCUT2D eigenvalue weighted by atomic mass is 79.9. The molecular weight excluding hydrogens is 456 g/mol. The highest BCUT2D eigenvalue weighted by Gasteiger charge is 2.12. The first-order valence-electron chi connectivity index (χ1n) is 9.82. The van der Waals surface area contributed by atoms with Crippen LogP contribution in [0.1, 0.15) is 16.7 Å². The van der Waals surface area contributed by atoms with Gasteiger partial charge in [0.25, 0.3) is 0 Å². The van der Waals surface area contributed by atoms with Crippen molar-refractivity contribution in [1.29, 1.82) is 0 Å². The molecule has 30 heavy (non-hydrogen) atoms. The summed E-state index contributed by atoms with van der Waals surface area (Å²) >= 11 is 4.99. The van der Waals surface area contributed by atoms with Crippen molar-refractivity contribution >= 4 is 50.2 Å². The van der Waals surface area contributed by atoms with Crippen LogP contribution >= 0.6 is 27.7 Å². The van der Waals surface area contributed by atoms with Gasteiger partial charge in [-0.15, -0.1) is 11.8 Å². The number of aryl methyl sites for hydroxylation is 2. The van der Waals surface area contributed by atoms with Crippen LogP contribution in [0.5, 0.6) is 0 Å². The monoisotopic (exact) mass is 478 g/mol. The molecule has 1 amide bonds. The lowest BCUT2D eigenvalue weighted by atomic mass is 10.1. The van der Waals surface area contributed by atoms with Crippen LogP contribution in [-0.2, 0) is 11.3 Å². The Morgan fingerprint density at radius 3 is 2.60 bits per heavy atom. The summed E-state index contributed by atoms with van der Waals surface area (Å²) in [6.45, 7) is 5.10. The zero-order valence-corrected chi connectivity index (χ0v) is 19.4. The Morgan fingerprint density at radius 2 is 1.80 bits per heavy atom. The van der Waals surface area contributed by atoms with Gasteiger partial charge in [0, 0.05) is 38.7 Å². The van der Waals surface area contributed by atoms with Crippen LogP contribution in [0.25, 0.3) is 10.9 Å². The molecule has 0 bridgehead atoms. The summed E-state index contributed by atoms with van der Waals surface area (Å²) < 4.78 is 3.28. The predicted octanol–water partition coefficient (Wildman–Crippen LogP) is 6.80. The van der Waals surface area contributed by atoms with E-state index in [4.69, 9.17) is 0 Å². The van der Waals surface area contributed by atoms with Gasteiger partial charge in [-0.1, -0.05) is 57.9 Å². The molecule has 0 unspecified atom stereocenters. The average Bonchev–Trinajstić information content (AvgIpc) is 3.09. The molecule has 0 saturated heterocycles. The van der Waals surface area contributed by atoms with Crippen molar-refractivity contribution in [2.75, 3.05) is 11.1 Å². The lowest BCUT2D eigenvalue weighted by molar-refractivity contribution is -0.113. The van der Waals surface area contributed by atoms with E-state index in [1.807, 2.05) is 24.3 Å². The van der Waals surface area contributed by atoms with Crippen molar-refractivity contribution in [2.24, 2.45) is 0 Å². The van der Waals surface area contributed by atoms with Crippen molar-refractivity contribution in [3.05, 3.63) is 94.1 Å². The summed E-state index contributed by atoms with van der Waals surface area (Å²) in [5.41, 5.74) is 5.88. The van der Waals surface area contributed by atoms with E-state index in [-0.39, 0.29) is 5.91 Å². The smallest absolute Gasteiger partial charge is 0.234 e. The molecule has 1 heterocycles. The number of fused-ring (bicyclic) bond motifs is 1. The second kappa shape index (κ2) is 9.11. The minimum Gasteiger partial charge on any atom is -0.342 e. The fourth-order valence-corrected chi connectivity index (χ4v) is 4.64. The van der Waals surface area contributed by atoms with Gasteiger partial charge in [-0.25, -0.2) is 0 Å². The number of thioether (sulfide) groups is 1.